The van der Waals surface area contributed by atoms with Crippen molar-refractivity contribution in [3.63, 3.8) is 0 Å². The summed E-state index contributed by atoms with van der Waals surface area (Å²) in [5, 5.41) is 2.97. The van der Waals surface area contributed by atoms with E-state index in [0.29, 0.717) is 6.54 Å². The Morgan fingerprint density at radius 3 is 2.29 bits per heavy atom. The van der Waals surface area contributed by atoms with Crippen molar-refractivity contribution in [3.8, 4) is 5.75 Å². The summed E-state index contributed by atoms with van der Waals surface area (Å²) in [6.07, 6.45) is -4.35. The number of rotatable bonds is 5. The van der Waals surface area contributed by atoms with Crippen LogP contribution in [-0.2, 0) is 6.54 Å². The van der Waals surface area contributed by atoms with E-state index in [4.69, 9.17) is 5.73 Å². The van der Waals surface area contributed by atoms with Gasteiger partial charge in [-0.1, -0.05) is 29.8 Å². The normalized spacial score (nSPS) is 12.1. The fourth-order valence-corrected chi connectivity index (χ4v) is 1.86. The number of nitrogens with one attached hydrogen (secondary N) is 1. The molecule has 0 atom stereocenters. The molecule has 0 fully saturated rings. The number of hydrogen-bond donors (Lipinski definition) is 2. The number of hydrogen-bond acceptors (Lipinski definition) is 2. The average molecular weight is 337 g/mol. The van der Waals surface area contributed by atoms with Gasteiger partial charge < -0.3 is 15.8 Å². The molecule has 2 aromatic carbocycles. The smallest absolute Gasteiger partial charge is 0.422 e. The highest BCUT2D eigenvalue weighted by Gasteiger charge is 2.28. The molecule has 0 spiro atoms. The Morgan fingerprint density at radius 1 is 1.08 bits per heavy atom. The molecule has 0 aliphatic carbocycles. The van der Waals surface area contributed by atoms with E-state index in [-0.39, 0.29) is 11.7 Å². The summed E-state index contributed by atoms with van der Waals surface area (Å²) in [5.74, 6) is 0.419. The lowest BCUT2D eigenvalue weighted by Crippen LogP contribution is -2.22. The maximum Gasteiger partial charge on any atom is 0.422 e. The highest BCUT2D eigenvalue weighted by Crippen LogP contribution is 2.19. The maximum atomic E-state index is 12.1. The monoisotopic (exact) mass is 337 g/mol. The summed E-state index contributed by atoms with van der Waals surface area (Å²) in [4.78, 5) is 4.19. The third-order valence-corrected chi connectivity index (χ3v) is 3.08. The number of nitrogens with two attached hydrogens (primary N) is 1. The number of aryl methyl sites for hydroxylation is 1. The van der Waals surface area contributed by atoms with Gasteiger partial charge in [-0.15, -0.1) is 0 Å². The van der Waals surface area contributed by atoms with E-state index >= 15 is 0 Å². The fraction of sp³-hybridized carbons (Fsp3) is 0.235. The molecular formula is C17H18F3N3O. The Morgan fingerprint density at radius 2 is 1.71 bits per heavy atom. The fourth-order valence-electron chi connectivity index (χ4n) is 1.86. The molecule has 128 valence electrons. The molecule has 0 aromatic heterocycles. The van der Waals surface area contributed by atoms with Crippen LogP contribution >= 0.6 is 0 Å². The summed E-state index contributed by atoms with van der Waals surface area (Å²) in [6.45, 7) is 0.992. The molecule has 0 aliphatic rings. The zero-order valence-corrected chi connectivity index (χ0v) is 13.1. The lowest BCUT2D eigenvalue weighted by atomic mass is 10.2. The van der Waals surface area contributed by atoms with Crippen molar-refractivity contribution < 1.29 is 17.9 Å². The predicted octanol–water partition coefficient (Wildman–Crippen LogP) is 3.86. The van der Waals surface area contributed by atoms with Crippen LogP contribution in [0.15, 0.2) is 53.5 Å². The summed E-state index contributed by atoms with van der Waals surface area (Å²) in [6, 6.07) is 13.9. The van der Waals surface area contributed by atoms with Crippen LogP contribution in [-0.4, -0.2) is 18.7 Å². The van der Waals surface area contributed by atoms with Crippen LogP contribution in [0.2, 0.25) is 0 Å². The highest BCUT2D eigenvalue weighted by molar-refractivity contribution is 5.92. The van der Waals surface area contributed by atoms with Crippen molar-refractivity contribution in [2.45, 2.75) is 19.6 Å². The average Bonchev–Trinajstić information content (AvgIpc) is 2.53. The lowest BCUT2D eigenvalue weighted by molar-refractivity contribution is -0.153. The van der Waals surface area contributed by atoms with Crippen LogP contribution < -0.4 is 15.8 Å². The molecule has 2 rings (SSSR count). The first kappa shape index (κ1) is 17.7. The standard InChI is InChI=1S/C17H18F3N3O/c1-12-2-6-14(7-3-12)23-16(21)22-10-13-4-8-15(9-5-13)24-11-17(18,19)20/h2-9H,10-11H2,1H3,(H3,21,22,23). The Kier molecular flexibility index (Phi) is 5.68. The first-order chi connectivity index (χ1) is 11.3. The third-order valence-electron chi connectivity index (χ3n) is 3.08. The van der Waals surface area contributed by atoms with E-state index < -0.39 is 12.8 Å². The van der Waals surface area contributed by atoms with E-state index in [2.05, 4.69) is 15.0 Å². The van der Waals surface area contributed by atoms with E-state index in [9.17, 15) is 13.2 Å². The van der Waals surface area contributed by atoms with Crippen molar-refractivity contribution in [3.05, 3.63) is 59.7 Å². The van der Waals surface area contributed by atoms with E-state index in [1.54, 1.807) is 12.1 Å². The summed E-state index contributed by atoms with van der Waals surface area (Å²) in [7, 11) is 0. The molecule has 0 radical (unpaired) electrons. The zero-order chi connectivity index (χ0) is 17.6. The molecule has 0 unspecified atom stereocenters. The predicted molar refractivity (Wildman–Crippen MR) is 88.1 cm³/mol. The molecule has 24 heavy (non-hydrogen) atoms. The molecule has 7 heteroatoms. The van der Waals surface area contributed by atoms with Crippen molar-refractivity contribution in [2.24, 2.45) is 10.7 Å². The number of guanidine groups is 1. The second-order valence-corrected chi connectivity index (χ2v) is 5.24. The van der Waals surface area contributed by atoms with Gasteiger partial charge in [-0.25, -0.2) is 4.99 Å². The summed E-state index contributed by atoms with van der Waals surface area (Å²) in [5.41, 5.74) is 8.59. The minimum Gasteiger partial charge on any atom is -0.484 e. The number of nitrogens with zero attached hydrogens (tertiary/aromatic N) is 1. The summed E-state index contributed by atoms with van der Waals surface area (Å²) >= 11 is 0. The van der Waals surface area contributed by atoms with Gasteiger partial charge in [-0.2, -0.15) is 13.2 Å². The summed E-state index contributed by atoms with van der Waals surface area (Å²) < 4.78 is 40.8. The van der Waals surface area contributed by atoms with Gasteiger partial charge in [0, 0.05) is 5.69 Å². The number of anilines is 1. The number of halogens is 3. The van der Waals surface area contributed by atoms with Crippen molar-refractivity contribution >= 4 is 11.6 Å². The minimum atomic E-state index is -4.35. The van der Waals surface area contributed by atoms with Gasteiger partial charge in [-0.05, 0) is 36.8 Å². The SMILES string of the molecule is Cc1ccc(NC(N)=NCc2ccc(OCC(F)(F)F)cc2)cc1. The van der Waals surface area contributed by atoms with E-state index in [0.717, 1.165) is 16.8 Å². The Balaban J connectivity index is 1.87. The molecule has 0 heterocycles. The molecule has 3 N–H and O–H groups in total. The van der Waals surface area contributed by atoms with Crippen LogP contribution in [0, 0.1) is 6.92 Å². The highest BCUT2D eigenvalue weighted by atomic mass is 19.4. The van der Waals surface area contributed by atoms with Crippen LogP contribution in [0.5, 0.6) is 5.75 Å². The van der Waals surface area contributed by atoms with Crippen LogP contribution in [0.4, 0.5) is 18.9 Å². The van der Waals surface area contributed by atoms with Gasteiger partial charge >= 0.3 is 6.18 Å². The molecule has 0 amide bonds. The van der Waals surface area contributed by atoms with Gasteiger partial charge in [0.15, 0.2) is 12.6 Å². The first-order valence-electron chi connectivity index (χ1n) is 7.24. The second kappa shape index (κ2) is 7.72. The molecule has 0 aliphatic heterocycles. The minimum absolute atomic E-state index is 0.158. The topological polar surface area (TPSA) is 59.6 Å². The van der Waals surface area contributed by atoms with Crippen molar-refractivity contribution in [2.75, 3.05) is 11.9 Å². The molecule has 0 bridgehead atoms. The largest absolute Gasteiger partial charge is 0.484 e. The van der Waals surface area contributed by atoms with Gasteiger partial charge in [0.25, 0.3) is 0 Å². The Hall–Kier alpha value is -2.70. The first-order valence-corrected chi connectivity index (χ1v) is 7.24. The van der Waals surface area contributed by atoms with Crippen molar-refractivity contribution in [1.29, 1.82) is 0 Å². The lowest BCUT2D eigenvalue weighted by Gasteiger charge is -2.09. The maximum absolute atomic E-state index is 12.1. The van der Waals surface area contributed by atoms with Crippen LogP contribution in [0.25, 0.3) is 0 Å². The van der Waals surface area contributed by atoms with E-state index in [1.807, 2.05) is 31.2 Å². The van der Waals surface area contributed by atoms with Crippen LogP contribution in [0.1, 0.15) is 11.1 Å². The molecule has 0 saturated carbocycles. The van der Waals surface area contributed by atoms with Gasteiger partial charge in [-0.3, -0.25) is 0 Å². The quantitative estimate of drug-likeness (QED) is 0.643. The van der Waals surface area contributed by atoms with Gasteiger partial charge in [0.1, 0.15) is 5.75 Å². The van der Waals surface area contributed by atoms with E-state index in [1.165, 1.54) is 12.1 Å². The number of alkyl halides is 3. The Bertz CT molecular complexity index is 680. The molecule has 4 nitrogen and oxygen atoms in total. The van der Waals surface area contributed by atoms with Gasteiger partial charge in [0.05, 0.1) is 6.54 Å². The van der Waals surface area contributed by atoms with Crippen LogP contribution in [0.3, 0.4) is 0 Å². The van der Waals surface area contributed by atoms with Gasteiger partial charge in [0.2, 0.25) is 0 Å². The van der Waals surface area contributed by atoms with Crippen molar-refractivity contribution in [1.82, 2.24) is 0 Å². The Labute approximate surface area is 138 Å². The molecular weight excluding hydrogens is 319 g/mol. The second-order valence-electron chi connectivity index (χ2n) is 5.24. The number of benzene rings is 2. The number of aliphatic imine (C=N–C) groups is 1. The molecule has 2 aromatic rings. The zero-order valence-electron chi connectivity index (χ0n) is 13.1. The molecule has 0 saturated heterocycles. The number of ether oxygens (including phenoxy) is 1. The third kappa shape index (κ3) is 6.20.